The summed E-state index contributed by atoms with van der Waals surface area (Å²) in [5, 5.41) is 0. The minimum absolute atomic E-state index is 0.276. The Morgan fingerprint density at radius 2 is 1.71 bits per heavy atom. The molecular weight excluding hydrogens is 416 g/mol. The second kappa shape index (κ2) is 6.93. The fourth-order valence-electron chi connectivity index (χ4n) is 6.98. The number of nitrogens with zero attached hydrogens (tertiary/aromatic N) is 2. The molecule has 4 saturated carbocycles. The van der Waals surface area contributed by atoms with E-state index >= 15 is 0 Å². The van der Waals surface area contributed by atoms with Crippen molar-refractivity contribution in [1.29, 1.82) is 0 Å². The Kier molecular flexibility index (Phi) is 4.65. The number of methoxy groups -OCH3 is 1. The lowest BCUT2D eigenvalue weighted by Crippen LogP contribution is -2.55. The summed E-state index contributed by atoms with van der Waals surface area (Å²) in [6, 6.07) is 8.24. The van der Waals surface area contributed by atoms with Gasteiger partial charge in [-0.2, -0.15) is 0 Å². The molecule has 1 aliphatic heterocycles. The van der Waals surface area contributed by atoms with Crippen LogP contribution >= 0.6 is 15.9 Å². The molecule has 0 N–H and O–H groups in total. The van der Waals surface area contributed by atoms with Gasteiger partial charge < -0.3 is 14.5 Å². The number of rotatable bonds is 4. The maximum atomic E-state index is 13.2. The number of ether oxygens (including phenoxy) is 1. The molecule has 4 nitrogen and oxygen atoms in total. The van der Waals surface area contributed by atoms with Gasteiger partial charge in [-0.3, -0.25) is 4.79 Å². The van der Waals surface area contributed by atoms with Crippen LogP contribution in [0.25, 0.3) is 0 Å². The molecule has 0 aromatic heterocycles. The van der Waals surface area contributed by atoms with Gasteiger partial charge in [-0.25, -0.2) is 0 Å². The van der Waals surface area contributed by atoms with Crippen LogP contribution in [-0.2, 0) is 4.79 Å². The van der Waals surface area contributed by atoms with E-state index in [1.54, 1.807) is 7.11 Å². The summed E-state index contributed by atoms with van der Waals surface area (Å²) >= 11 is 4.08. The second-order valence-electron chi connectivity index (χ2n) is 9.85. The summed E-state index contributed by atoms with van der Waals surface area (Å²) in [4.78, 5) is 17.7. The molecule has 0 unspecified atom stereocenters. The number of amides is 1. The Balaban J connectivity index is 1.19. The first-order valence-corrected chi connectivity index (χ1v) is 11.6. The third-order valence-electron chi connectivity index (χ3n) is 7.71. The number of benzene rings is 1. The molecule has 28 heavy (non-hydrogen) atoms. The molecule has 6 rings (SSSR count). The molecule has 1 saturated heterocycles. The van der Waals surface area contributed by atoms with E-state index in [0.717, 1.165) is 50.2 Å². The molecule has 152 valence electrons. The van der Waals surface area contributed by atoms with Gasteiger partial charge in [-0.15, -0.1) is 0 Å². The Hall–Kier alpha value is -1.23. The van der Waals surface area contributed by atoms with E-state index in [4.69, 9.17) is 4.74 Å². The summed E-state index contributed by atoms with van der Waals surface area (Å²) in [6.45, 7) is 3.51. The maximum Gasteiger partial charge on any atom is 0.223 e. The summed E-state index contributed by atoms with van der Waals surface area (Å²) in [5.74, 6) is 2.98. The molecule has 0 spiro atoms. The molecule has 5 fully saturated rings. The van der Waals surface area contributed by atoms with Gasteiger partial charge in [0.25, 0.3) is 0 Å². The van der Waals surface area contributed by atoms with Crippen molar-refractivity contribution in [3.8, 4) is 5.75 Å². The van der Waals surface area contributed by atoms with Crippen LogP contribution in [0.15, 0.2) is 24.3 Å². The minimum atomic E-state index is 0.276. The number of anilines is 1. The van der Waals surface area contributed by atoms with Gasteiger partial charge in [0.15, 0.2) is 0 Å². The highest BCUT2D eigenvalue weighted by Crippen LogP contribution is 2.65. The van der Waals surface area contributed by atoms with E-state index in [1.165, 1.54) is 44.2 Å². The number of alkyl halides is 1. The van der Waals surface area contributed by atoms with Gasteiger partial charge in [0, 0.05) is 42.6 Å². The molecule has 1 aromatic rings. The summed E-state index contributed by atoms with van der Waals surface area (Å²) in [6.07, 6.45) is 8.63. The molecule has 5 heteroatoms. The van der Waals surface area contributed by atoms with Gasteiger partial charge in [-0.05, 0) is 80.0 Å². The second-order valence-corrected chi connectivity index (χ2v) is 11.5. The first-order chi connectivity index (χ1) is 13.5. The molecule has 2 atom stereocenters. The normalized spacial score (nSPS) is 36.6. The topological polar surface area (TPSA) is 32.8 Å². The fourth-order valence-corrected chi connectivity index (χ4v) is 8.49. The van der Waals surface area contributed by atoms with Crippen molar-refractivity contribution < 1.29 is 9.53 Å². The van der Waals surface area contributed by atoms with E-state index < -0.39 is 0 Å². The van der Waals surface area contributed by atoms with Crippen LogP contribution in [0.2, 0.25) is 0 Å². The SMILES string of the molecule is COc1ccc(N2CCN(C(=O)CC34C[C@H]5C[C@@H](CC(Br)(C5)C3)C4)CC2)cc1. The first-order valence-electron chi connectivity index (χ1n) is 10.8. The Bertz CT molecular complexity index is 727. The fraction of sp³-hybridized carbons (Fsp3) is 0.696. The number of piperazine rings is 1. The molecule has 1 aromatic carbocycles. The quantitative estimate of drug-likeness (QED) is 0.639. The highest BCUT2D eigenvalue weighted by molar-refractivity contribution is 9.10. The maximum absolute atomic E-state index is 13.2. The molecule has 1 amide bonds. The summed E-state index contributed by atoms with van der Waals surface area (Å²) < 4.78 is 5.59. The smallest absolute Gasteiger partial charge is 0.223 e. The zero-order valence-corrected chi connectivity index (χ0v) is 18.4. The largest absolute Gasteiger partial charge is 0.497 e. The van der Waals surface area contributed by atoms with Gasteiger partial charge in [0.05, 0.1) is 7.11 Å². The Labute approximate surface area is 176 Å². The molecule has 5 aliphatic rings. The van der Waals surface area contributed by atoms with Crippen molar-refractivity contribution in [3.63, 3.8) is 0 Å². The molecule has 1 heterocycles. The van der Waals surface area contributed by atoms with E-state index in [-0.39, 0.29) is 5.41 Å². The third kappa shape index (κ3) is 3.44. The van der Waals surface area contributed by atoms with Gasteiger partial charge in [0.1, 0.15) is 5.75 Å². The van der Waals surface area contributed by atoms with Crippen LogP contribution in [0.5, 0.6) is 5.75 Å². The Morgan fingerprint density at radius 1 is 1.07 bits per heavy atom. The van der Waals surface area contributed by atoms with Gasteiger partial charge in [0.2, 0.25) is 5.91 Å². The first kappa shape index (κ1) is 18.8. The minimum Gasteiger partial charge on any atom is -0.497 e. The van der Waals surface area contributed by atoms with Crippen molar-refractivity contribution in [1.82, 2.24) is 4.90 Å². The molecule has 4 bridgehead atoms. The monoisotopic (exact) mass is 446 g/mol. The lowest BCUT2D eigenvalue weighted by Gasteiger charge is -2.60. The average molecular weight is 447 g/mol. The zero-order chi connectivity index (χ0) is 19.4. The van der Waals surface area contributed by atoms with Crippen LogP contribution in [-0.4, -0.2) is 48.4 Å². The third-order valence-corrected chi connectivity index (χ3v) is 8.63. The number of hydrogen-bond acceptors (Lipinski definition) is 3. The predicted octanol–water partition coefficient (Wildman–Crippen LogP) is 4.47. The number of carbonyl (C=O) groups is 1. The predicted molar refractivity (Wildman–Crippen MR) is 115 cm³/mol. The van der Waals surface area contributed by atoms with Gasteiger partial charge in [-0.1, -0.05) is 15.9 Å². The van der Waals surface area contributed by atoms with Crippen molar-refractivity contribution in [2.24, 2.45) is 17.3 Å². The number of carbonyl (C=O) groups excluding carboxylic acids is 1. The van der Waals surface area contributed by atoms with Gasteiger partial charge >= 0.3 is 0 Å². The van der Waals surface area contributed by atoms with Crippen LogP contribution in [0.1, 0.15) is 44.9 Å². The van der Waals surface area contributed by atoms with Crippen LogP contribution in [0.3, 0.4) is 0 Å². The van der Waals surface area contributed by atoms with E-state index in [1.807, 2.05) is 12.1 Å². The van der Waals surface area contributed by atoms with Crippen LogP contribution < -0.4 is 9.64 Å². The van der Waals surface area contributed by atoms with E-state index in [9.17, 15) is 4.79 Å². The molecule has 4 aliphatic carbocycles. The highest BCUT2D eigenvalue weighted by Gasteiger charge is 2.57. The van der Waals surface area contributed by atoms with E-state index in [2.05, 4.69) is 37.9 Å². The summed E-state index contributed by atoms with van der Waals surface area (Å²) in [7, 11) is 1.70. The van der Waals surface area contributed by atoms with Crippen LogP contribution in [0.4, 0.5) is 5.69 Å². The molecule has 0 radical (unpaired) electrons. The van der Waals surface area contributed by atoms with Crippen LogP contribution in [0, 0.1) is 17.3 Å². The number of halogens is 1. The zero-order valence-electron chi connectivity index (χ0n) is 16.8. The average Bonchev–Trinajstić information content (AvgIpc) is 2.66. The van der Waals surface area contributed by atoms with Crippen molar-refractivity contribution in [3.05, 3.63) is 24.3 Å². The van der Waals surface area contributed by atoms with Crippen molar-refractivity contribution >= 4 is 27.5 Å². The summed E-state index contributed by atoms with van der Waals surface area (Å²) in [5.41, 5.74) is 1.49. The molecular formula is C23H31BrN2O2. The lowest BCUT2D eigenvalue weighted by molar-refractivity contribution is -0.138. The lowest BCUT2D eigenvalue weighted by atomic mass is 9.48. The number of hydrogen-bond donors (Lipinski definition) is 0. The Morgan fingerprint density at radius 3 is 2.29 bits per heavy atom. The standard InChI is InChI=1S/C23H31BrN2O2/c1-28-20-4-2-19(3-5-20)25-6-8-26(9-7-25)21(27)15-22-11-17-10-18(12-22)14-23(24,13-17)16-22/h2-5,17-18H,6-16H2,1H3/t17-,18-,22?,23?/m1/s1. The van der Waals surface area contributed by atoms with Crippen molar-refractivity contribution in [2.45, 2.75) is 49.3 Å². The highest BCUT2D eigenvalue weighted by atomic mass is 79.9. The van der Waals surface area contributed by atoms with E-state index in [0.29, 0.717) is 10.2 Å². The van der Waals surface area contributed by atoms with Crippen molar-refractivity contribution in [2.75, 3.05) is 38.2 Å².